The van der Waals surface area contributed by atoms with Gasteiger partial charge in [0.2, 0.25) is 11.8 Å². The number of alkyl halides is 1. The second-order valence-corrected chi connectivity index (χ2v) is 35.5. The highest BCUT2D eigenvalue weighted by Crippen LogP contribution is 2.40. The molecule has 0 aliphatic heterocycles. The Balaban J connectivity index is 0.000000240. The fraction of sp³-hybridized carbons (Fsp3) is 0.325. The van der Waals surface area contributed by atoms with Crippen molar-refractivity contribution in [1.29, 1.82) is 0 Å². The molecule has 0 saturated heterocycles. The first-order chi connectivity index (χ1) is 43.7. The minimum Gasteiger partial charge on any atom is -0.407 e. The monoisotopic (exact) mass is 1370 g/mol. The normalized spacial score (nSPS) is 14.0. The maximum Gasteiger partial charge on any atom is 0.261 e. The van der Waals surface area contributed by atoms with Crippen LogP contribution in [0, 0.1) is 17.8 Å². The van der Waals surface area contributed by atoms with E-state index in [-0.39, 0.29) is 33.7 Å². The van der Waals surface area contributed by atoms with E-state index in [4.69, 9.17) is 8.85 Å². The van der Waals surface area contributed by atoms with Crippen LogP contribution < -0.4 is 20.7 Å². The van der Waals surface area contributed by atoms with Crippen molar-refractivity contribution in [3.05, 3.63) is 290 Å². The molecular weight excluding hydrogens is 1270 g/mol. The lowest BCUT2D eigenvalue weighted by Gasteiger charge is -2.43. The van der Waals surface area contributed by atoms with Gasteiger partial charge < -0.3 is 28.9 Å². The maximum atomic E-state index is 14.3. The molecule has 91 heavy (non-hydrogen) atoms. The predicted octanol–water partition coefficient (Wildman–Crippen LogP) is 16.2. The number of halogens is 1. The number of likely N-dealkylation sites (N-methyl/N-ethyl adjacent to an activating group) is 2. The molecule has 0 radical (unpaired) electrons. The van der Waals surface area contributed by atoms with E-state index in [9.17, 15) is 19.8 Å². The average Bonchev–Trinajstić information content (AvgIpc) is 0.774. The zero-order valence-electron chi connectivity index (χ0n) is 55.5. The van der Waals surface area contributed by atoms with Crippen molar-refractivity contribution in [3.8, 4) is 0 Å². The Labute approximate surface area is 561 Å². The number of carbonyl (C=O) groups is 2. The van der Waals surface area contributed by atoms with Gasteiger partial charge in [0, 0.05) is 44.1 Å². The molecule has 8 aromatic rings. The number of benzene rings is 8. The molecule has 0 unspecified atom stereocenters. The van der Waals surface area contributed by atoms with E-state index in [0.29, 0.717) is 38.2 Å². The van der Waals surface area contributed by atoms with Gasteiger partial charge in [-0.15, -0.1) is 13.2 Å². The van der Waals surface area contributed by atoms with Crippen LogP contribution in [0.4, 0.5) is 0 Å². The molecular formula is C80H99IN2O6Si2. The summed E-state index contributed by atoms with van der Waals surface area (Å²) in [5, 5.41) is 27.6. The molecule has 0 heterocycles. The molecule has 0 aliphatic carbocycles. The van der Waals surface area contributed by atoms with Crippen LogP contribution in [0.5, 0.6) is 0 Å². The summed E-state index contributed by atoms with van der Waals surface area (Å²) in [6.07, 6.45) is 4.14. The summed E-state index contributed by atoms with van der Waals surface area (Å²) in [6, 6.07) is 80.5. The third-order valence-corrected chi connectivity index (χ3v) is 28.6. The highest BCUT2D eigenvalue weighted by Gasteiger charge is 2.51. The van der Waals surface area contributed by atoms with Crippen LogP contribution in [-0.2, 0) is 18.4 Å². The Kier molecular flexibility index (Phi) is 28.9. The zero-order valence-corrected chi connectivity index (χ0v) is 59.6. The Morgan fingerprint density at radius 2 is 0.769 bits per heavy atom. The average molecular weight is 1370 g/mol. The molecule has 7 atom stereocenters. The van der Waals surface area contributed by atoms with Gasteiger partial charge in [-0.1, -0.05) is 333 Å². The number of nitrogens with zero attached hydrogens (tertiary/aromatic N) is 2. The molecule has 11 heteroatoms. The lowest BCUT2D eigenvalue weighted by molar-refractivity contribution is -0.139. The molecule has 0 spiro atoms. The van der Waals surface area contributed by atoms with Crippen molar-refractivity contribution < 1.29 is 28.7 Å². The number of amides is 2. The quantitative estimate of drug-likeness (QED) is 0.0230. The Hall–Kier alpha value is -6.82. The summed E-state index contributed by atoms with van der Waals surface area (Å²) < 4.78 is 15.2. The van der Waals surface area contributed by atoms with Crippen LogP contribution >= 0.6 is 22.6 Å². The lowest BCUT2D eigenvalue weighted by Crippen LogP contribution is -2.66. The van der Waals surface area contributed by atoms with Crippen molar-refractivity contribution in [3.63, 3.8) is 0 Å². The molecule has 0 aliphatic rings. The number of rotatable bonds is 27. The van der Waals surface area contributed by atoms with Gasteiger partial charge in [0.1, 0.15) is 12.2 Å². The van der Waals surface area contributed by atoms with Crippen LogP contribution in [0.3, 0.4) is 0 Å². The molecule has 0 saturated carbocycles. The van der Waals surface area contributed by atoms with Crippen LogP contribution in [0.2, 0.25) is 10.1 Å². The number of allylic oxidation sites excluding steroid dienone is 2. The minimum absolute atomic E-state index is 0.00367. The Bertz CT molecular complexity index is 3300. The van der Waals surface area contributed by atoms with E-state index in [1.165, 1.54) is 20.7 Å². The second kappa shape index (κ2) is 35.9. The van der Waals surface area contributed by atoms with E-state index in [0.717, 1.165) is 33.3 Å². The fourth-order valence-electron chi connectivity index (χ4n) is 12.3. The van der Waals surface area contributed by atoms with Crippen molar-refractivity contribution in [2.75, 3.05) is 31.7 Å². The number of hydrogen-bond donors (Lipinski definition) is 2. The fourth-order valence-corrected chi connectivity index (χ4v) is 22.0. The third-order valence-electron chi connectivity index (χ3n) is 17.1. The van der Waals surface area contributed by atoms with Gasteiger partial charge in [0.05, 0.1) is 12.1 Å². The molecule has 0 fully saturated rings. The molecule has 8 rings (SSSR count). The lowest BCUT2D eigenvalue weighted by atomic mass is 9.89. The SMILES string of the molecule is C=CCCC(=O)N(C)[C@H](c1ccccc1)[C@H](O)c1ccccc1.C=CC[C@@H](C[C@@H](C)CO[Si](c1ccccc1)(c1ccccc1)C(C)(C)C)C(=O)N(C)[C@H](c1ccccc1)[C@H](O)c1ccccc1.C[C@H](CI)CO[Si](c1ccccc1)(c1ccccc1)C(C)(C)C. The van der Waals surface area contributed by atoms with E-state index in [1.807, 2.05) is 134 Å². The van der Waals surface area contributed by atoms with Gasteiger partial charge in [0.25, 0.3) is 16.6 Å². The minimum atomic E-state index is -2.69. The second-order valence-electron chi connectivity index (χ2n) is 26.0. The van der Waals surface area contributed by atoms with E-state index >= 15 is 0 Å². The Morgan fingerprint density at radius 3 is 1.07 bits per heavy atom. The van der Waals surface area contributed by atoms with Crippen LogP contribution in [-0.4, -0.2) is 80.2 Å². The molecule has 0 bridgehead atoms. The maximum absolute atomic E-state index is 14.3. The molecule has 2 amide bonds. The predicted molar refractivity (Wildman–Crippen MR) is 393 cm³/mol. The molecule has 480 valence electrons. The van der Waals surface area contributed by atoms with Gasteiger partial charge in [-0.25, -0.2) is 0 Å². The van der Waals surface area contributed by atoms with Crippen molar-refractivity contribution in [2.24, 2.45) is 17.8 Å². The van der Waals surface area contributed by atoms with Crippen molar-refractivity contribution >= 4 is 71.8 Å². The largest absolute Gasteiger partial charge is 0.407 e. The summed E-state index contributed by atoms with van der Waals surface area (Å²) in [4.78, 5) is 30.0. The summed E-state index contributed by atoms with van der Waals surface area (Å²) in [5.74, 6) is 0.379. The van der Waals surface area contributed by atoms with Gasteiger partial charge in [-0.05, 0) is 84.2 Å². The van der Waals surface area contributed by atoms with E-state index in [2.05, 4.69) is 212 Å². The summed E-state index contributed by atoms with van der Waals surface area (Å²) in [7, 11) is -1.47. The van der Waals surface area contributed by atoms with Gasteiger partial charge in [-0.2, -0.15) is 0 Å². The number of hydrogen-bond acceptors (Lipinski definition) is 6. The van der Waals surface area contributed by atoms with Gasteiger partial charge in [0.15, 0.2) is 0 Å². The smallest absolute Gasteiger partial charge is 0.261 e. The summed E-state index contributed by atoms with van der Waals surface area (Å²) in [5.41, 5.74) is 3.38. The number of carbonyl (C=O) groups excluding carboxylic acids is 2. The van der Waals surface area contributed by atoms with E-state index < -0.39 is 40.9 Å². The van der Waals surface area contributed by atoms with Gasteiger partial charge >= 0.3 is 0 Å². The highest BCUT2D eigenvalue weighted by atomic mass is 127. The standard InChI is InChI=1S/C40H49NO3Si.C20H27IOSi.C20H23NO2/c1-7-20-34(39(43)41(6)37(32-21-12-8-13-22-32)38(42)33-23-14-9-15-24-33)29-31(2)30-44-45(40(3,4)5,35-25-16-10-17-26-35)36-27-18-11-19-28-36;1-17(15-21)16-22-23(20(2,3)4,18-11-7-5-8-12-18)19-13-9-6-10-14-19;1-3-4-15-18(22)21(2)19(16-11-7-5-8-12-16)20(23)17-13-9-6-10-14-17/h7-19,21-28,31,34,37-38,42H,1,20,29-30H2,2-6H3;5-14,17H,15-16H2,1-4H3;3,5-14,19-20,23H,1,4,15H2,2H3/t31-,34+,37-,38-;17-;19-,20-/m111/s1. The Morgan fingerprint density at radius 1 is 0.473 bits per heavy atom. The highest BCUT2D eigenvalue weighted by molar-refractivity contribution is 14.1. The molecule has 8 nitrogen and oxygen atoms in total. The van der Waals surface area contributed by atoms with Crippen LogP contribution in [0.15, 0.2) is 268 Å². The molecule has 2 N–H and O–H groups in total. The first-order valence-electron chi connectivity index (χ1n) is 32.0. The first kappa shape index (κ1) is 73.2. The van der Waals surface area contributed by atoms with Crippen LogP contribution in [0.1, 0.15) is 128 Å². The molecule has 8 aromatic carbocycles. The molecule has 0 aromatic heterocycles. The van der Waals surface area contributed by atoms with E-state index in [1.54, 1.807) is 22.9 Å². The summed E-state index contributed by atoms with van der Waals surface area (Å²) >= 11 is 2.45. The van der Waals surface area contributed by atoms with Crippen molar-refractivity contribution in [1.82, 2.24) is 9.80 Å². The third kappa shape index (κ3) is 19.4. The van der Waals surface area contributed by atoms with Gasteiger partial charge in [-0.3, -0.25) is 9.59 Å². The first-order valence-corrected chi connectivity index (χ1v) is 37.4. The summed E-state index contributed by atoms with van der Waals surface area (Å²) in [6.45, 7) is 27.3. The van der Waals surface area contributed by atoms with Crippen LogP contribution in [0.25, 0.3) is 0 Å². The number of aliphatic hydroxyl groups is 2. The van der Waals surface area contributed by atoms with Crippen molar-refractivity contribution in [2.45, 2.75) is 115 Å². The number of aliphatic hydroxyl groups excluding tert-OH is 2. The topological polar surface area (TPSA) is 99.5 Å². The zero-order chi connectivity index (χ0) is 66.0.